The highest BCUT2D eigenvalue weighted by molar-refractivity contribution is 5.59. The zero-order chi connectivity index (χ0) is 18.0. The van der Waals surface area contributed by atoms with E-state index in [0.29, 0.717) is 6.61 Å². The summed E-state index contributed by atoms with van der Waals surface area (Å²) in [5.74, 6) is 0. The fourth-order valence-corrected chi connectivity index (χ4v) is 2.91. The molecule has 0 fully saturated rings. The molecule has 3 aromatic rings. The molecular formula is C23H26N2O. The number of rotatable bonds is 9. The standard InChI is InChI=1S/C23H26N2O/c1-24-16-15-23(20-10-4-2-5-11-20)26-18-19-9-8-14-22(17-19)25-21-12-6-3-7-13-21/h2-14,17,23-25H,15-16,18H2,1H3. The lowest BCUT2D eigenvalue weighted by atomic mass is 10.1. The minimum Gasteiger partial charge on any atom is -0.369 e. The molecule has 0 aromatic heterocycles. The van der Waals surface area contributed by atoms with Gasteiger partial charge < -0.3 is 15.4 Å². The first kappa shape index (κ1) is 18.2. The van der Waals surface area contributed by atoms with Gasteiger partial charge in [0, 0.05) is 11.4 Å². The van der Waals surface area contributed by atoms with Crippen molar-refractivity contribution >= 4 is 11.4 Å². The van der Waals surface area contributed by atoms with E-state index in [0.717, 1.165) is 29.9 Å². The highest BCUT2D eigenvalue weighted by atomic mass is 16.5. The molecule has 0 heterocycles. The first-order chi connectivity index (χ1) is 12.8. The molecule has 0 saturated heterocycles. The Kier molecular flexibility index (Phi) is 6.82. The number of anilines is 2. The molecule has 3 rings (SSSR count). The van der Waals surface area contributed by atoms with Gasteiger partial charge in [-0.05, 0) is 55.4 Å². The number of para-hydroxylation sites is 1. The average molecular weight is 346 g/mol. The Balaban J connectivity index is 1.64. The molecule has 0 aliphatic rings. The molecule has 0 aliphatic carbocycles. The predicted octanol–water partition coefficient (Wildman–Crippen LogP) is 5.30. The molecule has 0 radical (unpaired) electrons. The quantitative estimate of drug-likeness (QED) is 0.552. The number of ether oxygens (including phenoxy) is 1. The van der Waals surface area contributed by atoms with E-state index in [1.807, 2.05) is 31.3 Å². The van der Waals surface area contributed by atoms with E-state index in [1.54, 1.807) is 0 Å². The second kappa shape index (κ2) is 9.76. The van der Waals surface area contributed by atoms with Crippen LogP contribution in [0.2, 0.25) is 0 Å². The topological polar surface area (TPSA) is 33.3 Å². The van der Waals surface area contributed by atoms with Crippen LogP contribution in [0, 0.1) is 0 Å². The molecule has 0 bridgehead atoms. The number of nitrogens with one attached hydrogen (secondary N) is 2. The highest BCUT2D eigenvalue weighted by Gasteiger charge is 2.11. The highest BCUT2D eigenvalue weighted by Crippen LogP contribution is 2.24. The molecule has 0 amide bonds. The van der Waals surface area contributed by atoms with Crippen molar-refractivity contribution in [2.45, 2.75) is 19.1 Å². The van der Waals surface area contributed by atoms with E-state index in [-0.39, 0.29) is 6.10 Å². The Morgan fingerprint density at radius 1 is 0.808 bits per heavy atom. The zero-order valence-corrected chi connectivity index (χ0v) is 15.2. The first-order valence-corrected chi connectivity index (χ1v) is 9.07. The molecule has 0 saturated carbocycles. The molecule has 3 aromatic carbocycles. The van der Waals surface area contributed by atoms with Crippen molar-refractivity contribution in [3.05, 3.63) is 96.1 Å². The van der Waals surface area contributed by atoms with E-state index >= 15 is 0 Å². The summed E-state index contributed by atoms with van der Waals surface area (Å²) >= 11 is 0. The van der Waals surface area contributed by atoms with Gasteiger partial charge in [-0.25, -0.2) is 0 Å². The van der Waals surface area contributed by atoms with Gasteiger partial charge in [0.15, 0.2) is 0 Å². The maximum Gasteiger partial charge on any atom is 0.0841 e. The minimum atomic E-state index is 0.0920. The second-order valence-corrected chi connectivity index (χ2v) is 6.29. The van der Waals surface area contributed by atoms with Gasteiger partial charge in [-0.1, -0.05) is 60.7 Å². The summed E-state index contributed by atoms with van der Waals surface area (Å²) < 4.78 is 6.25. The zero-order valence-electron chi connectivity index (χ0n) is 15.2. The molecule has 1 atom stereocenters. The van der Waals surface area contributed by atoms with Crippen LogP contribution in [0.15, 0.2) is 84.9 Å². The number of hydrogen-bond donors (Lipinski definition) is 2. The SMILES string of the molecule is CNCCC(OCc1cccc(Nc2ccccc2)c1)c1ccccc1. The molecule has 3 heteroatoms. The van der Waals surface area contributed by atoms with Crippen molar-refractivity contribution in [1.29, 1.82) is 0 Å². The van der Waals surface area contributed by atoms with Crippen molar-refractivity contribution < 1.29 is 4.74 Å². The van der Waals surface area contributed by atoms with Crippen LogP contribution in [0.4, 0.5) is 11.4 Å². The summed E-state index contributed by atoms with van der Waals surface area (Å²) in [5.41, 5.74) is 4.54. The van der Waals surface area contributed by atoms with Crippen LogP contribution in [0.3, 0.4) is 0 Å². The monoisotopic (exact) mass is 346 g/mol. The van der Waals surface area contributed by atoms with Gasteiger partial charge in [0.05, 0.1) is 12.7 Å². The third kappa shape index (κ3) is 5.45. The molecular weight excluding hydrogens is 320 g/mol. The van der Waals surface area contributed by atoms with Gasteiger partial charge >= 0.3 is 0 Å². The average Bonchev–Trinajstić information content (AvgIpc) is 2.70. The van der Waals surface area contributed by atoms with Crippen molar-refractivity contribution in [1.82, 2.24) is 5.32 Å². The maximum atomic E-state index is 6.25. The van der Waals surface area contributed by atoms with Crippen LogP contribution in [-0.2, 0) is 11.3 Å². The minimum absolute atomic E-state index is 0.0920. The van der Waals surface area contributed by atoms with Gasteiger partial charge in [0.1, 0.15) is 0 Å². The first-order valence-electron chi connectivity index (χ1n) is 9.07. The lowest BCUT2D eigenvalue weighted by Crippen LogP contribution is -2.14. The summed E-state index contributed by atoms with van der Waals surface area (Å²) in [6, 6.07) is 29.0. The summed E-state index contributed by atoms with van der Waals surface area (Å²) in [6.45, 7) is 1.52. The van der Waals surface area contributed by atoms with Crippen LogP contribution in [0.1, 0.15) is 23.7 Å². The van der Waals surface area contributed by atoms with Gasteiger partial charge in [-0.2, -0.15) is 0 Å². The van der Waals surface area contributed by atoms with Crippen molar-refractivity contribution in [2.75, 3.05) is 18.9 Å². The molecule has 3 nitrogen and oxygen atoms in total. The van der Waals surface area contributed by atoms with E-state index in [4.69, 9.17) is 4.74 Å². The van der Waals surface area contributed by atoms with Crippen LogP contribution in [0.5, 0.6) is 0 Å². The summed E-state index contributed by atoms with van der Waals surface area (Å²) in [7, 11) is 1.97. The predicted molar refractivity (Wildman–Crippen MR) is 109 cm³/mol. The Labute approximate surface area is 156 Å². The van der Waals surface area contributed by atoms with Gasteiger partial charge in [0.2, 0.25) is 0 Å². The maximum absolute atomic E-state index is 6.25. The summed E-state index contributed by atoms with van der Waals surface area (Å²) in [6.07, 6.45) is 1.04. The Morgan fingerprint density at radius 2 is 1.50 bits per heavy atom. The van der Waals surface area contributed by atoms with Crippen LogP contribution < -0.4 is 10.6 Å². The third-order valence-corrected chi connectivity index (χ3v) is 4.27. The smallest absolute Gasteiger partial charge is 0.0841 e. The van der Waals surface area contributed by atoms with Gasteiger partial charge in [0.25, 0.3) is 0 Å². The van der Waals surface area contributed by atoms with E-state index < -0.39 is 0 Å². The van der Waals surface area contributed by atoms with Crippen molar-refractivity contribution in [2.24, 2.45) is 0 Å². The van der Waals surface area contributed by atoms with Gasteiger partial charge in [-0.3, -0.25) is 0 Å². The lowest BCUT2D eigenvalue weighted by Gasteiger charge is -2.19. The molecule has 0 spiro atoms. The molecule has 0 aliphatic heterocycles. The Bertz CT molecular complexity index is 774. The third-order valence-electron chi connectivity index (χ3n) is 4.27. The Morgan fingerprint density at radius 3 is 2.23 bits per heavy atom. The van der Waals surface area contributed by atoms with E-state index in [1.165, 1.54) is 5.56 Å². The van der Waals surface area contributed by atoms with E-state index in [9.17, 15) is 0 Å². The van der Waals surface area contributed by atoms with Crippen LogP contribution in [0.25, 0.3) is 0 Å². The fraction of sp³-hybridized carbons (Fsp3) is 0.217. The van der Waals surface area contributed by atoms with Gasteiger partial charge in [-0.15, -0.1) is 0 Å². The fourth-order valence-electron chi connectivity index (χ4n) is 2.91. The summed E-state index contributed by atoms with van der Waals surface area (Å²) in [5, 5.41) is 6.64. The Hall–Kier alpha value is -2.62. The molecule has 1 unspecified atom stereocenters. The number of hydrogen-bond acceptors (Lipinski definition) is 3. The van der Waals surface area contributed by atoms with Crippen molar-refractivity contribution in [3.63, 3.8) is 0 Å². The number of benzene rings is 3. The normalized spacial score (nSPS) is 11.9. The van der Waals surface area contributed by atoms with Crippen molar-refractivity contribution in [3.8, 4) is 0 Å². The lowest BCUT2D eigenvalue weighted by molar-refractivity contribution is 0.0344. The van der Waals surface area contributed by atoms with Crippen LogP contribution >= 0.6 is 0 Å². The van der Waals surface area contributed by atoms with Crippen LogP contribution in [-0.4, -0.2) is 13.6 Å². The summed E-state index contributed by atoms with van der Waals surface area (Å²) in [4.78, 5) is 0. The second-order valence-electron chi connectivity index (χ2n) is 6.29. The molecule has 134 valence electrons. The largest absolute Gasteiger partial charge is 0.369 e. The van der Waals surface area contributed by atoms with E-state index in [2.05, 4.69) is 71.3 Å². The molecule has 26 heavy (non-hydrogen) atoms. The molecule has 2 N–H and O–H groups in total.